The molecule has 1 atom stereocenters. The van der Waals surface area contributed by atoms with Crippen LogP contribution < -0.4 is 10.1 Å². The van der Waals surface area contributed by atoms with E-state index in [4.69, 9.17) is 4.74 Å². The molecule has 6 heteroatoms. The van der Waals surface area contributed by atoms with Gasteiger partial charge in [-0.1, -0.05) is 42.5 Å². The smallest absolute Gasteiger partial charge is 0.263 e. The van der Waals surface area contributed by atoms with Gasteiger partial charge < -0.3 is 15.0 Å². The maximum Gasteiger partial charge on any atom is 0.263 e. The minimum Gasteiger partial charge on any atom is -0.481 e. The van der Waals surface area contributed by atoms with Crippen molar-refractivity contribution in [3.8, 4) is 16.9 Å². The number of hydrogen-bond acceptors (Lipinski definition) is 4. The molecule has 1 unspecified atom stereocenters. The van der Waals surface area contributed by atoms with Crippen LogP contribution in [0, 0.1) is 6.92 Å². The van der Waals surface area contributed by atoms with E-state index in [2.05, 4.69) is 10.3 Å². The van der Waals surface area contributed by atoms with E-state index in [9.17, 15) is 9.59 Å². The lowest BCUT2D eigenvalue weighted by molar-refractivity contribution is -0.139. The molecule has 1 heterocycles. The van der Waals surface area contributed by atoms with Gasteiger partial charge in [0.2, 0.25) is 5.91 Å². The number of rotatable bonds is 7. The van der Waals surface area contributed by atoms with E-state index in [0.29, 0.717) is 11.6 Å². The van der Waals surface area contributed by atoms with Crippen LogP contribution >= 0.6 is 0 Å². The number of aryl methyl sites for hydroxylation is 1. The Morgan fingerprint density at radius 1 is 1.03 bits per heavy atom. The molecule has 0 fully saturated rings. The Morgan fingerprint density at radius 2 is 1.70 bits per heavy atom. The Hall–Kier alpha value is -3.67. The Morgan fingerprint density at radius 3 is 2.37 bits per heavy atom. The van der Waals surface area contributed by atoms with Crippen molar-refractivity contribution in [2.75, 3.05) is 18.9 Å². The molecule has 2 aromatic carbocycles. The normalized spacial score (nSPS) is 11.4. The highest BCUT2D eigenvalue weighted by Gasteiger charge is 2.21. The Labute approximate surface area is 176 Å². The SMILES string of the molecule is Cc1ccnc(NC(=O)CN(C)C(=O)C(C)Oc2ccc(-c3ccccc3)cc2)c1. The van der Waals surface area contributed by atoms with Gasteiger partial charge >= 0.3 is 0 Å². The third-order valence-electron chi connectivity index (χ3n) is 4.56. The van der Waals surface area contributed by atoms with Gasteiger partial charge in [0.25, 0.3) is 5.91 Å². The minimum absolute atomic E-state index is 0.0882. The fourth-order valence-electron chi connectivity index (χ4n) is 3.00. The second-order valence-corrected chi connectivity index (χ2v) is 7.11. The number of aromatic nitrogens is 1. The standard InChI is InChI=1S/C24H25N3O3/c1-17-13-14-25-22(15-17)26-23(28)16-27(3)24(29)18(2)30-21-11-9-20(10-12-21)19-7-5-4-6-8-19/h4-15,18H,16H2,1-3H3,(H,25,26,28). The molecular formula is C24H25N3O3. The second-order valence-electron chi connectivity index (χ2n) is 7.11. The predicted octanol–water partition coefficient (Wildman–Crippen LogP) is 3.92. The van der Waals surface area contributed by atoms with Gasteiger partial charge in [0.15, 0.2) is 6.10 Å². The molecule has 0 saturated carbocycles. The molecule has 2 amide bonds. The number of hydrogen-bond donors (Lipinski definition) is 1. The number of anilines is 1. The fraction of sp³-hybridized carbons (Fsp3) is 0.208. The van der Waals surface area contributed by atoms with E-state index in [-0.39, 0.29) is 18.4 Å². The number of nitrogens with one attached hydrogen (secondary N) is 1. The molecule has 0 saturated heterocycles. The first-order valence-electron chi connectivity index (χ1n) is 9.72. The first kappa shape index (κ1) is 21.0. The average Bonchev–Trinajstić information content (AvgIpc) is 2.74. The highest BCUT2D eigenvalue weighted by atomic mass is 16.5. The van der Waals surface area contributed by atoms with Crippen molar-refractivity contribution in [1.82, 2.24) is 9.88 Å². The zero-order valence-corrected chi connectivity index (χ0v) is 17.3. The lowest BCUT2D eigenvalue weighted by Crippen LogP contribution is -2.42. The number of carbonyl (C=O) groups excluding carboxylic acids is 2. The van der Waals surface area contributed by atoms with Gasteiger partial charge in [0.1, 0.15) is 11.6 Å². The molecule has 154 valence electrons. The third kappa shape index (κ3) is 5.67. The van der Waals surface area contributed by atoms with E-state index < -0.39 is 6.10 Å². The van der Waals surface area contributed by atoms with E-state index in [0.717, 1.165) is 16.7 Å². The Bertz CT molecular complexity index is 1000. The van der Waals surface area contributed by atoms with E-state index in [1.54, 1.807) is 26.2 Å². The maximum atomic E-state index is 12.6. The van der Waals surface area contributed by atoms with Crippen molar-refractivity contribution >= 4 is 17.6 Å². The zero-order valence-electron chi connectivity index (χ0n) is 17.3. The van der Waals surface area contributed by atoms with E-state index in [1.165, 1.54) is 4.90 Å². The lowest BCUT2D eigenvalue weighted by atomic mass is 10.1. The number of likely N-dealkylation sites (N-methyl/N-ethyl adjacent to an activating group) is 1. The third-order valence-corrected chi connectivity index (χ3v) is 4.56. The number of amides is 2. The summed E-state index contributed by atoms with van der Waals surface area (Å²) in [6.07, 6.45) is 0.904. The zero-order chi connectivity index (χ0) is 21.5. The topological polar surface area (TPSA) is 71.5 Å². The van der Waals surface area contributed by atoms with Crippen LogP contribution in [0.4, 0.5) is 5.82 Å². The van der Waals surface area contributed by atoms with Crippen LogP contribution in [-0.2, 0) is 9.59 Å². The van der Waals surface area contributed by atoms with Crippen molar-refractivity contribution in [1.29, 1.82) is 0 Å². The number of carbonyl (C=O) groups is 2. The molecule has 30 heavy (non-hydrogen) atoms. The minimum atomic E-state index is -0.720. The molecule has 3 rings (SSSR count). The molecule has 0 aliphatic rings. The molecule has 0 radical (unpaired) electrons. The first-order chi connectivity index (χ1) is 14.4. The first-order valence-corrected chi connectivity index (χ1v) is 9.72. The number of ether oxygens (including phenoxy) is 1. The van der Waals surface area contributed by atoms with Crippen LogP contribution in [0.25, 0.3) is 11.1 Å². The van der Waals surface area contributed by atoms with Crippen molar-refractivity contribution in [3.05, 3.63) is 78.5 Å². The van der Waals surface area contributed by atoms with Crippen molar-refractivity contribution in [3.63, 3.8) is 0 Å². The van der Waals surface area contributed by atoms with Gasteiger partial charge in [-0.2, -0.15) is 0 Å². The van der Waals surface area contributed by atoms with Gasteiger partial charge in [-0.25, -0.2) is 4.98 Å². The van der Waals surface area contributed by atoms with Gasteiger partial charge in [-0.3, -0.25) is 9.59 Å². The van der Waals surface area contributed by atoms with Crippen LogP contribution in [-0.4, -0.2) is 41.4 Å². The average molecular weight is 403 g/mol. The van der Waals surface area contributed by atoms with Crippen molar-refractivity contribution < 1.29 is 14.3 Å². The summed E-state index contributed by atoms with van der Waals surface area (Å²) in [6, 6.07) is 21.2. The summed E-state index contributed by atoms with van der Waals surface area (Å²) in [6.45, 7) is 3.50. The summed E-state index contributed by atoms with van der Waals surface area (Å²) in [4.78, 5) is 30.2. The molecule has 0 aliphatic heterocycles. The van der Waals surface area contributed by atoms with Crippen LogP contribution in [0.2, 0.25) is 0 Å². The van der Waals surface area contributed by atoms with Crippen LogP contribution in [0.1, 0.15) is 12.5 Å². The highest BCUT2D eigenvalue weighted by molar-refractivity contribution is 5.94. The molecule has 0 spiro atoms. The van der Waals surface area contributed by atoms with Crippen molar-refractivity contribution in [2.45, 2.75) is 20.0 Å². The van der Waals surface area contributed by atoms with Crippen LogP contribution in [0.5, 0.6) is 5.75 Å². The molecule has 1 N–H and O–H groups in total. The lowest BCUT2D eigenvalue weighted by Gasteiger charge is -2.21. The fourth-order valence-corrected chi connectivity index (χ4v) is 3.00. The highest BCUT2D eigenvalue weighted by Crippen LogP contribution is 2.22. The van der Waals surface area contributed by atoms with Gasteiger partial charge in [-0.05, 0) is 54.8 Å². The molecule has 0 aliphatic carbocycles. The summed E-state index contributed by atoms with van der Waals surface area (Å²) in [5.74, 6) is 0.457. The second kappa shape index (κ2) is 9.69. The molecule has 1 aromatic heterocycles. The Kier molecular flexibility index (Phi) is 6.80. The van der Waals surface area contributed by atoms with E-state index in [1.807, 2.05) is 67.6 Å². The summed E-state index contributed by atoms with van der Waals surface area (Å²) in [5, 5.41) is 2.69. The number of nitrogens with zero attached hydrogens (tertiary/aromatic N) is 2. The van der Waals surface area contributed by atoms with Gasteiger partial charge in [-0.15, -0.1) is 0 Å². The number of pyridine rings is 1. The quantitative estimate of drug-likeness (QED) is 0.649. The predicted molar refractivity (Wildman–Crippen MR) is 117 cm³/mol. The van der Waals surface area contributed by atoms with Crippen molar-refractivity contribution in [2.24, 2.45) is 0 Å². The molecule has 0 bridgehead atoms. The maximum absolute atomic E-state index is 12.6. The summed E-state index contributed by atoms with van der Waals surface area (Å²) in [5.41, 5.74) is 3.17. The van der Waals surface area contributed by atoms with E-state index >= 15 is 0 Å². The summed E-state index contributed by atoms with van der Waals surface area (Å²) in [7, 11) is 1.57. The number of benzene rings is 2. The summed E-state index contributed by atoms with van der Waals surface area (Å²) >= 11 is 0. The van der Waals surface area contributed by atoms with Gasteiger partial charge in [0, 0.05) is 13.2 Å². The van der Waals surface area contributed by atoms with Crippen LogP contribution in [0.3, 0.4) is 0 Å². The largest absolute Gasteiger partial charge is 0.481 e. The molecule has 3 aromatic rings. The van der Waals surface area contributed by atoms with Crippen LogP contribution in [0.15, 0.2) is 72.9 Å². The van der Waals surface area contributed by atoms with Gasteiger partial charge in [0.05, 0.1) is 6.54 Å². The molecule has 6 nitrogen and oxygen atoms in total. The monoisotopic (exact) mass is 403 g/mol. The summed E-state index contributed by atoms with van der Waals surface area (Å²) < 4.78 is 5.77. The molecular weight excluding hydrogens is 378 g/mol. The Balaban J connectivity index is 1.53.